The Morgan fingerprint density at radius 2 is 2.64 bits per heavy atom. The van der Waals surface area contributed by atoms with Crippen molar-refractivity contribution in [3.8, 4) is 0 Å². The molecular weight excluding hydrogens is 138 g/mol. The first kappa shape index (κ1) is 8.01. The van der Waals surface area contributed by atoms with Crippen LogP contribution in [-0.4, -0.2) is 16.7 Å². The van der Waals surface area contributed by atoms with E-state index in [2.05, 4.69) is 22.1 Å². The Balaban J connectivity index is 2.09. The summed E-state index contributed by atoms with van der Waals surface area (Å²) in [5, 5.41) is 9.96. The fraction of sp³-hybridized carbons (Fsp3) is 0.375. The maximum atomic E-state index is 3.84. The van der Waals surface area contributed by atoms with E-state index in [1.807, 2.05) is 12.1 Å². The molecule has 1 heterocycles. The van der Waals surface area contributed by atoms with Crippen LogP contribution in [0.2, 0.25) is 0 Å². The van der Waals surface area contributed by atoms with Crippen molar-refractivity contribution < 1.29 is 0 Å². The van der Waals surface area contributed by atoms with E-state index < -0.39 is 0 Å². The van der Waals surface area contributed by atoms with Gasteiger partial charge in [0.25, 0.3) is 0 Å². The van der Waals surface area contributed by atoms with Crippen molar-refractivity contribution in [2.45, 2.75) is 13.0 Å². The number of nitrogens with zero attached hydrogens (tertiary/aromatic N) is 1. The third-order valence-corrected chi connectivity index (χ3v) is 1.40. The van der Waals surface area contributed by atoms with Gasteiger partial charge in [0, 0.05) is 18.4 Å². The molecular formula is C8H13N3. The molecule has 3 nitrogen and oxygen atoms in total. The molecule has 1 rings (SSSR count). The van der Waals surface area contributed by atoms with Crippen molar-refractivity contribution in [3.05, 3.63) is 30.6 Å². The molecule has 0 spiro atoms. The summed E-state index contributed by atoms with van der Waals surface area (Å²) in [6, 6.07) is 1.96. The minimum absolute atomic E-state index is 0.855. The molecule has 0 unspecified atom stereocenters. The number of rotatable bonds is 5. The summed E-state index contributed by atoms with van der Waals surface area (Å²) in [6.45, 7) is 5.46. The highest BCUT2D eigenvalue weighted by Crippen LogP contribution is 1.89. The zero-order valence-corrected chi connectivity index (χ0v) is 6.51. The lowest BCUT2D eigenvalue weighted by atomic mass is 10.4. The van der Waals surface area contributed by atoms with Crippen molar-refractivity contribution in [2.75, 3.05) is 6.54 Å². The second-order valence-electron chi connectivity index (χ2n) is 2.34. The number of nitrogens with one attached hydrogen (secondary N) is 2. The molecule has 1 aromatic heterocycles. The lowest BCUT2D eigenvalue weighted by Crippen LogP contribution is -2.14. The van der Waals surface area contributed by atoms with Crippen LogP contribution in [0.25, 0.3) is 0 Å². The summed E-state index contributed by atoms with van der Waals surface area (Å²) < 4.78 is 0. The standard InChI is InChI=1S/C8H13N3/c1-2-3-5-9-7-8-4-6-10-11-8/h2,4,6,9H,1,3,5,7H2,(H,10,11). The monoisotopic (exact) mass is 151 g/mol. The summed E-state index contributed by atoms with van der Waals surface area (Å²) in [7, 11) is 0. The van der Waals surface area contributed by atoms with Gasteiger partial charge in [-0.25, -0.2) is 0 Å². The van der Waals surface area contributed by atoms with Gasteiger partial charge in [-0.05, 0) is 19.0 Å². The van der Waals surface area contributed by atoms with Gasteiger partial charge in [0.05, 0.1) is 0 Å². The van der Waals surface area contributed by atoms with Gasteiger partial charge >= 0.3 is 0 Å². The Morgan fingerprint density at radius 1 is 1.73 bits per heavy atom. The first-order valence-corrected chi connectivity index (χ1v) is 3.73. The Kier molecular flexibility index (Phi) is 3.41. The second kappa shape index (κ2) is 4.68. The van der Waals surface area contributed by atoms with E-state index in [9.17, 15) is 0 Å². The first-order chi connectivity index (χ1) is 5.43. The molecule has 0 saturated carbocycles. The van der Waals surface area contributed by atoms with Crippen molar-refractivity contribution in [3.63, 3.8) is 0 Å². The number of hydrogen-bond donors (Lipinski definition) is 2. The van der Waals surface area contributed by atoms with Crippen LogP contribution in [0.15, 0.2) is 24.9 Å². The number of aromatic amines is 1. The van der Waals surface area contributed by atoms with Gasteiger partial charge in [0.15, 0.2) is 0 Å². The molecule has 0 aliphatic rings. The molecule has 0 fully saturated rings. The largest absolute Gasteiger partial charge is 0.311 e. The van der Waals surface area contributed by atoms with Crippen LogP contribution >= 0.6 is 0 Å². The quantitative estimate of drug-likeness (QED) is 0.488. The van der Waals surface area contributed by atoms with Gasteiger partial charge in [-0.15, -0.1) is 6.58 Å². The molecule has 0 aliphatic heterocycles. The van der Waals surface area contributed by atoms with Crippen LogP contribution < -0.4 is 5.32 Å². The summed E-state index contributed by atoms with van der Waals surface area (Å²) in [5.41, 5.74) is 1.12. The molecule has 3 heteroatoms. The maximum Gasteiger partial charge on any atom is 0.0490 e. The molecule has 0 amide bonds. The predicted octanol–water partition coefficient (Wildman–Crippen LogP) is 1.08. The van der Waals surface area contributed by atoms with Gasteiger partial charge in [-0.3, -0.25) is 5.10 Å². The molecule has 0 saturated heterocycles. The third-order valence-electron chi connectivity index (χ3n) is 1.40. The van der Waals surface area contributed by atoms with Gasteiger partial charge in [0.1, 0.15) is 0 Å². The Hall–Kier alpha value is -1.09. The highest BCUT2D eigenvalue weighted by Gasteiger charge is 1.89. The van der Waals surface area contributed by atoms with Gasteiger partial charge in [0.2, 0.25) is 0 Å². The molecule has 11 heavy (non-hydrogen) atoms. The van der Waals surface area contributed by atoms with Gasteiger partial charge in [-0.2, -0.15) is 5.10 Å². The van der Waals surface area contributed by atoms with E-state index in [4.69, 9.17) is 0 Å². The Morgan fingerprint density at radius 3 is 3.27 bits per heavy atom. The van der Waals surface area contributed by atoms with Crippen LogP contribution in [0.5, 0.6) is 0 Å². The minimum Gasteiger partial charge on any atom is -0.311 e. The van der Waals surface area contributed by atoms with Crippen LogP contribution in [0.3, 0.4) is 0 Å². The third kappa shape index (κ3) is 3.00. The van der Waals surface area contributed by atoms with Gasteiger partial charge in [-0.1, -0.05) is 6.08 Å². The normalized spacial score (nSPS) is 9.82. The molecule has 60 valence electrons. The average Bonchev–Trinajstić information content (AvgIpc) is 2.50. The lowest BCUT2D eigenvalue weighted by molar-refractivity contribution is 0.680. The van der Waals surface area contributed by atoms with Gasteiger partial charge < -0.3 is 5.32 Å². The molecule has 0 radical (unpaired) electrons. The summed E-state index contributed by atoms with van der Waals surface area (Å²) in [4.78, 5) is 0. The second-order valence-corrected chi connectivity index (χ2v) is 2.34. The van der Waals surface area contributed by atoms with E-state index in [1.165, 1.54) is 0 Å². The molecule has 0 atom stereocenters. The zero-order chi connectivity index (χ0) is 7.94. The molecule has 2 N–H and O–H groups in total. The van der Waals surface area contributed by atoms with Crippen molar-refractivity contribution in [1.82, 2.24) is 15.5 Å². The number of hydrogen-bond acceptors (Lipinski definition) is 2. The molecule has 0 aromatic carbocycles. The van der Waals surface area contributed by atoms with E-state index in [1.54, 1.807) is 6.20 Å². The topological polar surface area (TPSA) is 40.7 Å². The number of aromatic nitrogens is 2. The summed E-state index contributed by atoms with van der Waals surface area (Å²) >= 11 is 0. The number of H-pyrrole nitrogens is 1. The molecule has 0 aliphatic carbocycles. The van der Waals surface area contributed by atoms with Crippen molar-refractivity contribution >= 4 is 0 Å². The van der Waals surface area contributed by atoms with E-state index in [0.717, 1.165) is 25.2 Å². The highest BCUT2D eigenvalue weighted by atomic mass is 15.1. The summed E-state index contributed by atoms with van der Waals surface area (Å²) in [5.74, 6) is 0. The highest BCUT2D eigenvalue weighted by molar-refractivity contribution is 4.96. The zero-order valence-electron chi connectivity index (χ0n) is 6.51. The molecule has 1 aromatic rings. The van der Waals surface area contributed by atoms with Crippen LogP contribution in [0.1, 0.15) is 12.1 Å². The maximum absolute atomic E-state index is 3.84. The van der Waals surface area contributed by atoms with Crippen LogP contribution in [0.4, 0.5) is 0 Å². The average molecular weight is 151 g/mol. The molecule has 0 bridgehead atoms. The van der Waals surface area contributed by atoms with E-state index in [-0.39, 0.29) is 0 Å². The Bertz CT molecular complexity index is 191. The predicted molar refractivity (Wildman–Crippen MR) is 45.1 cm³/mol. The van der Waals surface area contributed by atoms with Crippen molar-refractivity contribution in [1.29, 1.82) is 0 Å². The smallest absolute Gasteiger partial charge is 0.0490 e. The lowest BCUT2D eigenvalue weighted by Gasteiger charge is -1.98. The SMILES string of the molecule is C=CCCNCc1ccn[nH]1. The fourth-order valence-electron chi connectivity index (χ4n) is 0.810. The minimum atomic E-state index is 0.855. The van der Waals surface area contributed by atoms with E-state index >= 15 is 0 Å². The first-order valence-electron chi connectivity index (χ1n) is 3.73. The van der Waals surface area contributed by atoms with Crippen LogP contribution in [0, 0.1) is 0 Å². The summed E-state index contributed by atoms with van der Waals surface area (Å²) in [6.07, 6.45) is 4.67. The fourth-order valence-corrected chi connectivity index (χ4v) is 0.810. The van der Waals surface area contributed by atoms with Crippen LogP contribution in [-0.2, 0) is 6.54 Å². The van der Waals surface area contributed by atoms with E-state index in [0.29, 0.717) is 0 Å². The Labute approximate surface area is 66.5 Å². The van der Waals surface area contributed by atoms with Crippen molar-refractivity contribution in [2.24, 2.45) is 0 Å².